The molecule has 0 N–H and O–H groups in total. The highest BCUT2D eigenvalue weighted by atomic mass is 16.5. The molecule has 148 valence electrons. The molecule has 1 aromatic carbocycles. The Kier molecular flexibility index (Phi) is 7.07. The number of ketones is 1. The third kappa shape index (κ3) is 5.76. The van der Waals surface area contributed by atoms with Crippen LogP contribution in [0.1, 0.15) is 39.2 Å². The van der Waals surface area contributed by atoms with Crippen LogP contribution in [0.5, 0.6) is 5.75 Å². The van der Waals surface area contributed by atoms with Crippen LogP contribution in [0, 0.1) is 16.7 Å². The summed E-state index contributed by atoms with van der Waals surface area (Å²) in [6.07, 6.45) is 2.18. The van der Waals surface area contributed by atoms with E-state index in [9.17, 15) is 14.4 Å². The van der Waals surface area contributed by atoms with Crippen molar-refractivity contribution < 1.29 is 23.9 Å². The Bertz CT molecular complexity index is 813. The standard InChI is InChI=1S/C21H24N2O5/c1-21(2,3)18(24)5-4-11-27-12-10-23-19(25)13-17(20(23)26)28-16-8-6-15(14-22)7-9-16/h6-9,13H,4-5,10-12H2,1-3H3. The maximum absolute atomic E-state index is 12.3. The highest BCUT2D eigenvalue weighted by molar-refractivity contribution is 6.15. The molecule has 2 rings (SSSR count). The lowest BCUT2D eigenvalue weighted by Crippen LogP contribution is -2.34. The van der Waals surface area contributed by atoms with Crippen LogP contribution in [0.25, 0.3) is 0 Å². The maximum Gasteiger partial charge on any atom is 0.296 e. The van der Waals surface area contributed by atoms with Gasteiger partial charge < -0.3 is 9.47 Å². The number of hydrogen-bond acceptors (Lipinski definition) is 6. The lowest BCUT2D eigenvalue weighted by molar-refractivity contribution is -0.139. The Balaban J connectivity index is 1.74. The van der Waals surface area contributed by atoms with Crippen LogP contribution in [0.15, 0.2) is 36.1 Å². The van der Waals surface area contributed by atoms with Gasteiger partial charge in [0.05, 0.1) is 30.9 Å². The van der Waals surface area contributed by atoms with Crippen LogP contribution in [0.2, 0.25) is 0 Å². The lowest BCUT2D eigenvalue weighted by Gasteiger charge is -2.17. The van der Waals surface area contributed by atoms with Gasteiger partial charge in [-0.2, -0.15) is 5.26 Å². The SMILES string of the molecule is CC(C)(C)C(=O)CCCOCCN1C(=O)C=C(Oc2ccc(C#N)cc2)C1=O. The van der Waals surface area contributed by atoms with E-state index in [-0.39, 0.29) is 30.1 Å². The predicted molar refractivity (Wildman–Crippen MR) is 101 cm³/mol. The number of carbonyl (C=O) groups excluding carboxylic acids is 3. The molecule has 0 bridgehead atoms. The van der Waals surface area contributed by atoms with E-state index in [1.807, 2.05) is 26.8 Å². The molecule has 1 aromatic rings. The van der Waals surface area contributed by atoms with E-state index in [0.717, 1.165) is 11.0 Å². The van der Waals surface area contributed by atoms with Crippen molar-refractivity contribution in [1.29, 1.82) is 5.26 Å². The zero-order chi connectivity index (χ0) is 20.7. The first-order valence-corrected chi connectivity index (χ1v) is 9.09. The van der Waals surface area contributed by atoms with Gasteiger partial charge in [-0.3, -0.25) is 19.3 Å². The van der Waals surface area contributed by atoms with E-state index in [4.69, 9.17) is 14.7 Å². The number of nitrogens with zero attached hydrogens (tertiary/aromatic N) is 2. The van der Waals surface area contributed by atoms with E-state index in [1.165, 1.54) is 0 Å². The van der Waals surface area contributed by atoms with E-state index in [2.05, 4.69) is 0 Å². The Morgan fingerprint density at radius 2 is 1.82 bits per heavy atom. The number of benzene rings is 1. The van der Waals surface area contributed by atoms with Gasteiger partial charge in [0.15, 0.2) is 5.76 Å². The fourth-order valence-corrected chi connectivity index (χ4v) is 2.46. The summed E-state index contributed by atoms with van der Waals surface area (Å²) in [4.78, 5) is 37.2. The molecular formula is C21H24N2O5. The fourth-order valence-electron chi connectivity index (χ4n) is 2.46. The first-order valence-electron chi connectivity index (χ1n) is 9.09. The minimum absolute atomic E-state index is 0.0644. The van der Waals surface area contributed by atoms with Gasteiger partial charge in [0, 0.05) is 18.4 Å². The summed E-state index contributed by atoms with van der Waals surface area (Å²) in [5.41, 5.74) is 0.115. The van der Waals surface area contributed by atoms with Crippen LogP contribution in [0.4, 0.5) is 0 Å². The molecule has 7 heteroatoms. The second-order valence-corrected chi connectivity index (χ2v) is 7.43. The summed E-state index contributed by atoms with van der Waals surface area (Å²) < 4.78 is 10.9. The van der Waals surface area contributed by atoms with E-state index in [0.29, 0.717) is 30.8 Å². The summed E-state index contributed by atoms with van der Waals surface area (Å²) in [5, 5.41) is 8.79. The van der Waals surface area contributed by atoms with Gasteiger partial charge in [0.25, 0.3) is 11.8 Å². The van der Waals surface area contributed by atoms with Crippen LogP contribution in [0.3, 0.4) is 0 Å². The molecule has 0 unspecified atom stereocenters. The summed E-state index contributed by atoms with van der Waals surface area (Å²) in [5.74, 6) is -0.505. The summed E-state index contributed by atoms with van der Waals surface area (Å²) in [7, 11) is 0. The molecule has 0 atom stereocenters. The Hall–Kier alpha value is -2.98. The lowest BCUT2D eigenvalue weighted by atomic mass is 9.88. The Morgan fingerprint density at radius 3 is 2.43 bits per heavy atom. The third-order valence-electron chi connectivity index (χ3n) is 4.18. The van der Waals surface area contributed by atoms with Crippen molar-refractivity contribution in [3.05, 3.63) is 41.7 Å². The average Bonchev–Trinajstić information content (AvgIpc) is 2.91. The Morgan fingerprint density at radius 1 is 1.14 bits per heavy atom. The molecular weight excluding hydrogens is 360 g/mol. The van der Waals surface area contributed by atoms with Gasteiger partial charge in [-0.1, -0.05) is 20.8 Å². The van der Waals surface area contributed by atoms with Crippen molar-refractivity contribution in [1.82, 2.24) is 4.90 Å². The van der Waals surface area contributed by atoms with E-state index >= 15 is 0 Å². The molecule has 0 spiro atoms. The molecule has 0 aliphatic carbocycles. The second-order valence-electron chi connectivity index (χ2n) is 7.43. The number of carbonyl (C=O) groups is 3. The van der Waals surface area contributed by atoms with Crippen molar-refractivity contribution in [2.45, 2.75) is 33.6 Å². The first-order chi connectivity index (χ1) is 13.2. The minimum atomic E-state index is -0.527. The summed E-state index contributed by atoms with van der Waals surface area (Å²) >= 11 is 0. The molecule has 0 radical (unpaired) electrons. The van der Waals surface area contributed by atoms with Gasteiger partial charge in [0.1, 0.15) is 11.5 Å². The second kappa shape index (κ2) is 9.29. The molecule has 7 nitrogen and oxygen atoms in total. The van der Waals surface area contributed by atoms with Gasteiger partial charge >= 0.3 is 0 Å². The smallest absolute Gasteiger partial charge is 0.296 e. The molecule has 0 saturated carbocycles. The van der Waals surface area contributed by atoms with Crippen molar-refractivity contribution >= 4 is 17.6 Å². The monoisotopic (exact) mass is 384 g/mol. The average molecular weight is 384 g/mol. The number of amides is 2. The highest BCUT2D eigenvalue weighted by Gasteiger charge is 2.32. The number of ether oxygens (including phenoxy) is 2. The third-order valence-corrected chi connectivity index (χ3v) is 4.18. The highest BCUT2D eigenvalue weighted by Crippen LogP contribution is 2.20. The maximum atomic E-state index is 12.3. The van der Waals surface area contributed by atoms with Crippen LogP contribution in [-0.2, 0) is 19.1 Å². The van der Waals surface area contributed by atoms with Crippen LogP contribution in [-0.4, -0.2) is 42.3 Å². The zero-order valence-corrected chi connectivity index (χ0v) is 16.4. The van der Waals surface area contributed by atoms with Crippen molar-refractivity contribution in [3.63, 3.8) is 0 Å². The molecule has 1 heterocycles. The molecule has 0 fully saturated rings. The van der Waals surface area contributed by atoms with Crippen LogP contribution >= 0.6 is 0 Å². The number of nitriles is 1. The van der Waals surface area contributed by atoms with Crippen molar-refractivity contribution in [2.75, 3.05) is 19.8 Å². The molecule has 0 aromatic heterocycles. The first kappa shape index (κ1) is 21.3. The molecule has 0 saturated heterocycles. The zero-order valence-electron chi connectivity index (χ0n) is 16.4. The van der Waals surface area contributed by atoms with Crippen molar-refractivity contribution in [2.24, 2.45) is 5.41 Å². The van der Waals surface area contributed by atoms with Gasteiger partial charge in [-0.05, 0) is 30.7 Å². The number of hydrogen-bond donors (Lipinski definition) is 0. The summed E-state index contributed by atoms with van der Waals surface area (Å²) in [6.45, 7) is 6.34. The Labute approximate surface area is 164 Å². The van der Waals surface area contributed by atoms with Crippen molar-refractivity contribution in [3.8, 4) is 11.8 Å². The number of Topliss-reactive ketones (excluding diaryl/α,β-unsaturated/α-hetero) is 1. The van der Waals surface area contributed by atoms with Crippen LogP contribution < -0.4 is 4.74 Å². The topological polar surface area (TPSA) is 96.7 Å². The number of rotatable bonds is 9. The minimum Gasteiger partial charge on any atom is -0.451 e. The molecule has 28 heavy (non-hydrogen) atoms. The normalized spacial score (nSPS) is 14.1. The largest absolute Gasteiger partial charge is 0.451 e. The quantitative estimate of drug-likeness (QED) is 0.480. The van der Waals surface area contributed by atoms with Gasteiger partial charge in [0.2, 0.25) is 0 Å². The molecule has 2 amide bonds. The molecule has 1 aliphatic rings. The fraction of sp³-hybridized carbons (Fsp3) is 0.429. The number of imide groups is 1. The predicted octanol–water partition coefficient (Wildman–Crippen LogP) is 2.60. The van der Waals surface area contributed by atoms with E-state index < -0.39 is 11.8 Å². The molecule has 1 aliphatic heterocycles. The van der Waals surface area contributed by atoms with E-state index in [1.54, 1.807) is 24.3 Å². The summed E-state index contributed by atoms with van der Waals surface area (Å²) in [6, 6.07) is 8.23. The van der Waals surface area contributed by atoms with Gasteiger partial charge in [-0.15, -0.1) is 0 Å². The van der Waals surface area contributed by atoms with Gasteiger partial charge in [-0.25, -0.2) is 0 Å².